The van der Waals surface area contributed by atoms with Crippen LogP contribution in [-0.2, 0) is 6.42 Å². The van der Waals surface area contributed by atoms with Gasteiger partial charge in [0.1, 0.15) is 0 Å². The SMILES string of the molecule is NNCCc1ccn(C2CCCCC2)n1. The molecule has 1 fully saturated rings. The zero-order valence-corrected chi connectivity index (χ0v) is 9.15. The molecule has 0 atom stereocenters. The van der Waals surface area contributed by atoms with E-state index in [4.69, 9.17) is 5.84 Å². The van der Waals surface area contributed by atoms with Gasteiger partial charge in [0.2, 0.25) is 0 Å². The molecule has 0 aromatic carbocycles. The fraction of sp³-hybridized carbons (Fsp3) is 0.727. The minimum absolute atomic E-state index is 0.637. The smallest absolute Gasteiger partial charge is 0.0637 e. The minimum Gasteiger partial charge on any atom is -0.271 e. The van der Waals surface area contributed by atoms with Crippen LogP contribution in [0.3, 0.4) is 0 Å². The summed E-state index contributed by atoms with van der Waals surface area (Å²) >= 11 is 0. The van der Waals surface area contributed by atoms with Crippen LogP contribution in [0.1, 0.15) is 43.8 Å². The van der Waals surface area contributed by atoms with Crippen LogP contribution in [0.5, 0.6) is 0 Å². The van der Waals surface area contributed by atoms with Gasteiger partial charge in [0.05, 0.1) is 11.7 Å². The second kappa shape index (κ2) is 5.28. The monoisotopic (exact) mass is 208 g/mol. The Morgan fingerprint density at radius 2 is 2.20 bits per heavy atom. The molecule has 4 nitrogen and oxygen atoms in total. The summed E-state index contributed by atoms with van der Waals surface area (Å²) in [4.78, 5) is 0. The van der Waals surface area contributed by atoms with E-state index in [2.05, 4.69) is 27.5 Å². The predicted octanol–water partition coefficient (Wildman–Crippen LogP) is 1.39. The molecule has 15 heavy (non-hydrogen) atoms. The summed E-state index contributed by atoms with van der Waals surface area (Å²) in [7, 11) is 0. The first-order valence-corrected chi connectivity index (χ1v) is 5.87. The van der Waals surface area contributed by atoms with E-state index in [1.54, 1.807) is 0 Å². The summed E-state index contributed by atoms with van der Waals surface area (Å²) in [6.07, 6.45) is 9.70. The average molecular weight is 208 g/mol. The maximum Gasteiger partial charge on any atom is 0.0637 e. The zero-order chi connectivity index (χ0) is 10.5. The van der Waals surface area contributed by atoms with Crippen LogP contribution in [0.25, 0.3) is 0 Å². The summed E-state index contributed by atoms with van der Waals surface area (Å²) in [6.45, 7) is 0.793. The van der Waals surface area contributed by atoms with Gasteiger partial charge in [0, 0.05) is 19.2 Å². The highest BCUT2D eigenvalue weighted by molar-refractivity contribution is 5.00. The van der Waals surface area contributed by atoms with E-state index in [0.29, 0.717) is 6.04 Å². The maximum atomic E-state index is 5.24. The number of nitrogens with one attached hydrogen (secondary N) is 1. The van der Waals surface area contributed by atoms with Crippen molar-refractivity contribution in [1.29, 1.82) is 0 Å². The third-order valence-corrected chi connectivity index (χ3v) is 3.14. The number of hydrogen-bond acceptors (Lipinski definition) is 3. The summed E-state index contributed by atoms with van der Waals surface area (Å²) in [6, 6.07) is 2.74. The summed E-state index contributed by atoms with van der Waals surface area (Å²) in [5, 5.41) is 4.59. The number of hydrogen-bond donors (Lipinski definition) is 2. The molecule has 1 heterocycles. The lowest BCUT2D eigenvalue weighted by Crippen LogP contribution is -2.24. The Morgan fingerprint density at radius 3 is 2.93 bits per heavy atom. The van der Waals surface area contributed by atoms with Gasteiger partial charge in [-0.25, -0.2) is 0 Å². The van der Waals surface area contributed by atoms with Crippen LogP contribution >= 0.6 is 0 Å². The van der Waals surface area contributed by atoms with Gasteiger partial charge in [-0.2, -0.15) is 5.10 Å². The van der Waals surface area contributed by atoms with Crippen molar-refractivity contribution >= 4 is 0 Å². The van der Waals surface area contributed by atoms with Gasteiger partial charge in [0.15, 0.2) is 0 Å². The van der Waals surface area contributed by atoms with Gasteiger partial charge in [0.25, 0.3) is 0 Å². The number of hydrazine groups is 1. The molecule has 1 aromatic heterocycles. The molecule has 1 aliphatic carbocycles. The molecule has 0 unspecified atom stereocenters. The summed E-state index contributed by atoms with van der Waals surface area (Å²) in [5.41, 5.74) is 3.79. The molecule has 0 saturated heterocycles. The fourth-order valence-corrected chi connectivity index (χ4v) is 2.26. The standard InChI is InChI=1S/C11H20N4/c12-13-8-6-10-7-9-15(14-10)11-4-2-1-3-5-11/h7,9,11,13H,1-6,8,12H2. The number of rotatable bonds is 4. The molecule has 0 spiro atoms. The van der Waals surface area contributed by atoms with Crippen molar-refractivity contribution < 1.29 is 0 Å². The second-order valence-corrected chi connectivity index (χ2v) is 4.28. The van der Waals surface area contributed by atoms with Crippen molar-refractivity contribution in [1.82, 2.24) is 15.2 Å². The summed E-state index contributed by atoms with van der Waals surface area (Å²) in [5.74, 6) is 5.24. The third kappa shape index (κ3) is 2.79. The van der Waals surface area contributed by atoms with Crippen molar-refractivity contribution in [3.05, 3.63) is 18.0 Å². The molecule has 0 bridgehead atoms. The molecule has 1 saturated carbocycles. The number of aromatic nitrogens is 2. The Kier molecular flexibility index (Phi) is 3.75. The molecule has 1 aliphatic rings. The van der Waals surface area contributed by atoms with Crippen molar-refractivity contribution in [2.24, 2.45) is 5.84 Å². The van der Waals surface area contributed by atoms with Crippen molar-refractivity contribution in [3.8, 4) is 0 Å². The topological polar surface area (TPSA) is 55.9 Å². The van der Waals surface area contributed by atoms with Crippen molar-refractivity contribution in [2.45, 2.75) is 44.6 Å². The molecule has 4 heteroatoms. The van der Waals surface area contributed by atoms with E-state index in [-0.39, 0.29) is 0 Å². The first kappa shape index (κ1) is 10.6. The lowest BCUT2D eigenvalue weighted by Gasteiger charge is -2.21. The van der Waals surface area contributed by atoms with Gasteiger partial charge < -0.3 is 0 Å². The normalized spacial score (nSPS) is 18.2. The van der Waals surface area contributed by atoms with Gasteiger partial charge in [-0.15, -0.1) is 0 Å². The predicted molar refractivity (Wildman–Crippen MR) is 60.2 cm³/mol. The highest BCUT2D eigenvalue weighted by Crippen LogP contribution is 2.27. The second-order valence-electron chi connectivity index (χ2n) is 4.28. The number of nitrogens with two attached hydrogens (primary N) is 1. The van der Waals surface area contributed by atoms with Crippen LogP contribution in [-0.4, -0.2) is 16.3 Å². The van der Waals surface area contributed by atoms with Crippen LogP contribution < -0.4 is 11.3 Å². The van der Waals surface area contributed by atoms with E-state index >= 15 is 0 Å². The van der Waals surface area contributed by atoms with Crippen LogP contribution in [0.2, 0.25) is 0 Å². The van der Waals surface area contributed by atoms with Gasteiger partial charge in [-0.05, 0) is 18.9 Å². The minimum atomic E-state index is 0.637. The molecular weight excluding hydrogens is 188 g/mol. The third-order valence-electron chi connectivity index (χ3n) is 3.14. The van der Waals surface area contributed by atoms with E-state index in [1.807, 2.05) is 0 Å². The van der Waals surface area contributed by atoms with E-state index in [1.165, 1.54) is 32.1 Å². The Hall–Kier alpha value is -0.870. The quantitative estimate of drug-likeness (QED) is 0.581. The molecule has 0 amide bonds. The van der Waals surface area contributed by atoms with Gasteiger partial charge in [-0.3, -0.25) is 16.0 Å². The van der Waals surface area contributed by atoms with Crippen LogP contribution in [0.4, 0.5) is 0 Å². The molecule has 0 radical (unpaired) electrons. The van der Waals surface area contributed by atoms with Crippen LogP contribution in [0, 0.1) is 0 Å². The Morgan fingerprint density at radius 1 is 1.40 bits per heavy atom. The molecule has 3 N–H and O–H groups in total. The van der Waals surface area contributed by atoms with Crippen molar-refractivity contribution in [3.63, 3.8) is 0 Å². The van der Waals surface area contributed by atoms with Crippen molar-refractivity contribution in [2.75, 3.05) is 6.54 Å². The first-order chi connectivity index (χ1) is 7.40. The van der Waals surface area contributed by atoms with Gasteiger partial charge in [-0.1, -0.05) is 19.3 Å². The molecular formula is C11H20N4. The summed E-state index contributed by atoms with van der Waals surface area (Å²) < 4.78 is 2.14. The van der Waals surface area contributed by atoms with Gasteiger partial charge >= 0.3 is 0 Å². The molecule has 2 rings (SSSR count). The molecule has 0 aliphatic heterocycles. The first-order valence-electron chi connectivity index (χ1n) is 5.87. The number of nitrogens with zero attached hydrogens (tertiary/aromatic N) is 2. The zero-order valence-electron chi connectivity index (χ0n) is 9.15. The van der Waals surface area contributed by atoms with E-state index < -0.39 is 0 Å². The Labute approximate surface area is 90.8 Å². The highest BCUT2D eigenvalue weighted by atomic mass is 15.3. The fourth-order valence-electron chi connectivity index (χ4n) is 2.26. The van der Waals surface area contributed by atoms with E-state index in [9.17, 15) is 0 Å². The van der Waals surface area contributed by atoms with E-state index in [0.717, 1.165) is 18.7 Å². The highest BCUT2D eigenvalue weighted by Gasteiger charge is 2.15. The molecule has 84 valence electrons. The lowest BCUT2D eigenvalue weighted by atomic mass is 9.96. The Bertz CT molecular complexity index is 289. The lowest BCUT2D eigenvalue weighted by molar-refractivity contribution is 0.328. The van der Waals surface area contributed by atoms with Crippen LogP contribution in [0.15, 0.2) is 12.3 Å². The Balaban J connectivity index is 1.93. The molecule has 1 aromatic rings. The average Bonchev–Trinajstić information content (AvgIpc) is 2.76. The largest absolute Gasteiger partial charge is 0.271 e. The maximum absolute atomic E-state index is 5.24.